The molecular weight excluding hydrogens is 462 g/mol. The highest BCUT2D eigenvalue weighted by atomic mass is 32.2. The summed E-state index contributed by atoms with van der Waals surface area (Å²) in [5.74, 6) is -0.109. The van der Waals surface area contributed by atoms with Gasteiger partial charge in [-0.1, -0.05) is 18.2 Å². The van der Waals surface area contributed by atoms with Gasteiger partial charge in [0, 0.05) is 18.4 Å². The van der Waals surface area contributed by atoms with E-state index in [0.717, 1.165) is 5.56 Å². The van der Waals surface area contributed by atoms with E-state index < -0.39 is 20.0 Å². The van der Waals surface area contributed by atoms with Crippen molar-refractivity contribution in [1.29, 1.82) is 0 Å². The summed E-state index contributed by atoms with van der Waals surface area (Å²) in [5, 5.41) is 0. The van der Waals surface area contributed by atoms with Crippen molar-refractivity contribution in [3.63, 3.8) is 0 Å². The third-order valence-electron chi connectivity index (χ3n) is 5.44. The van der Waals surface area contributed by atoms with Crippen molar-refractivity contribution < 1.29 is 21.6 Å². The minimum atomic E-state index is -4.00. The second-order valence-electron chi connectivity index (χ2n) is 7.98. The Morgan fingerprint density at radius 1 is 0.818 bits per heavy atom. The van der Waals surface area contributed by atoms with Crippen LogP contribution in [0.5, 0.6) is 0 Å². The van der Waals surface area contributed by atoms with Gasteiger partial charge in [-0.2, -0.15) is 0 Å². The number of carbonyl (C=O) groups excluding carboxylic acids is 1. The Morgan fingerprint density at radius 3 is 2.24 bits per heavy atom. The van der Waals surface area contributed by atoms with Crippen LogP contribution in [-0.4, -0.2) is 29.8 Å². The Kier molecular flexibility index (Phi) is 5.67. The van der Waals surface area contributed by atoms with E-state index in [4.69, 9.17) is 0 Å². The van der Waals surface area contributed by atoms with Gasteiger partial charge in [-0.25, -0.2) is 16.8 Å². The van der Waals surface area contributed by atoms with Crippen LogP contribution in [0, 0.1) is 13.8 Å². The number of hydrogen-bond acceptors (Lipinski definition) is 5. The van der Waals surface area contributed by atoms with Crippen molar-refractivity contribution in [1.82, 2.24) is 0 Å². The number of aryl methyl sites for hydroxylation is 2. The first-order valence-corrected chi connectivity index (χ1v) is 13.1. The molecule has 4 rings (SSSR count). The standard InChI is InChI=1S/C23H23N3O5S2/c1-15-5-4-6-18(11-15)25-33(30,31)22-14-19(8-7-16(22)2)24-32(28,29)20-9-10-21-17(12-20)13-23(27)26(21)3/h4-12,14,24-25H,13H2,1-3H3. The summed E-state index contributed by atoms with van der Waals surface area (Å²) in [5.41, 5.74) is 3.19. The summed E-state index contributed by atoms with van der Waals surface area (Å²) in [6, 6.07) is 15.7. The predicted octanol–water partition coefficient (Wildman–Crippen LogP) is 3.42. The summed E-state index contributed by atoms with van der Waals surface area (Å²) in [4.78, 5) is 13.3. The molecule has 172 valence electrons. The highest BCUT2D eigenvalue weighted by Crippen LogP contribution is 2.31. The second-order valence-corrected chi connectivity index (χ2v) is 11.3. The van der Waals surface area contributed by atoms with E-state index >= 15 is 0 Å². The predicted molar refractivity (Wildman–Crippen MR) is 128 cm³/mol. The summed E-state index contributed by atoms with van der Waals surface area (Å²) in [7, 11) is -6.32. The minimum Gasteiger partial charge on any atom is -0.315 e. The van der Waals surface area contributed by atoms with Gasteiger partial charge < -0.3 is 4.90 Å². The summed E-state index contributed by atoms with van der Waals surface area (Å²) < 4.78 is 56.9. The lowest BCUT2D eigenvalue weighted by Crippen LogP contribution is -2.20. The van der Waals surface area contributed by atoms with Gasteiger partial charge >= 0.3 is 0 Å². The normalized spacial score (nSPS) is 13.7. The Morgan fingerprint density at radius 2 is 1.52 bits per heavy atom. The molecule has 0 atom stereocenters. The molecule has 0 saturated heterocycles. The fraction of sp³-hybridized carbons (Fsp3) is 0.174. The molecule has 8 nitrogen and oxygen atoms in total. The Balaban J connectivity index is 1.63. The van der Waals surface area contributed by atoms with Crippen LogP contribution in [0.3, 0.4) is 0 Å². The summed E-state index contributed by atoms with van der Waals surface area (Å²) in [6.45, 7) is 3.49. The van der Waals surface area contributed by atoms with Crippen LogP contribution in [0.4, 0.5) is 17.1 Å². The number of fused-ring (bicyclic) bond motifs is 1. The van der Waals surface area contributed by atoms with Gasteiger partial charge in [0.2, 0.25) is 5.91 Å². The minimum absolute atomic E-state index is 0.00721. The van der Waals surface area contributed by atoms with Crippen molar-refractivity contribution >= 4 is 43.0 Å². The molecule has 0 radical (unpaired) electrons. The average molecular weight is 486 g/mol. The molecule has 0 fully saturated rings. The lowest BCUT2D eigenvalue weighted by atomic mass is 10.2. The van der Waals surface area contributed by atoms with Crippen molar-refractivity contribution in [2.24, 2.45) is 0 Å². The van der Waals surface area contributed by atoms with E-state index in [1.165, 1.54) is 29.2 Å². The lowest BCUT2D eigenvalue weighted by molar-refractivity contribution is -0.117. The molecule has 0 aliphatic carbocycles. The first-order chi connectivity index (χ1) is 15.5. The number of benzene rings is 3. The van der Waals surface area contributed by atoms with E-state index in [-0.39, 0.29) is 27.8 Å². The number of sulfonamides is 2. The molecule has 1 amide bonds. The first-order valence-electron chi connectivity index (χ1n) is 10.1. The number of hydrogen-bond donors (Lipinski definition) is 2. The molecule has 0 spiro atoms. The van der Waals surface area contributed by atoms with Crippen molar-refractivity contribution in [2.45, 2.75) is 30.1 Å². The zero-order chi connectivity index (χ0) is 24.0. The molecule has 2 N–H and O–H groups in total. The Bertz CT molecular complexity index is 1480. The molecule has 0 bridgehead atoms. The highest BCUT2D eigenvalue weighted by Gasteiger charge is 2.26. The van der Waals surface area contributed by atoms with Crippen LogP contribution in [0.15, 0.2) is 70.5 Å². The van der Waals surface area contributed by atoms with E-state index in [2.05, 4.69) is 9.44 Å². The van der Waals surface area contributed by atoms with Crippen LogP contribution in [0.2, 0.25) is 0 Å². The van der Waals surface area contributed by atoms with E-state index in [1.807, 2.05) is 13.0 Å². The molecule has 1 aliphatic heterocycles. The molecule has 0 aromatic heterocycles. The second kappa shape index (κ2) is 8.20. The highest BCUT2D eigenvalue weighted by molar-refractivity contribution is 7.93. The van der Waals surface area contributed by atoms with Crippen molar-refractivity contribution in [2.75, 3.05) is 21.4 Å². The number of anilines is 3. The molecule has 3 aromatic carbocycles. The van der Waals surface area contributed by atoms with E-state index in [9.17, 15) is 21.6 Å². The van der Waals surface area contributed by atoms with Gasteiger partial charge in [0.25, 0.3) is 20.0 Å². The zero-order valence-electron chi connectivity index (χ0n) is 18.3. The van der Waals surface area contributed by atoms with Gasteiger partial charge in [0.1, 0.15) is 0 Å². The number of likely N-dealkylation sites (N-methyl/N-ethyl adjacent to an activating group) is 1. The molecule has 1 aliphatic rings. The largest absolute Gasteiger partial charge is 0.315 e. The number of rotatable bonds is 6. The maximum atomic E-state index is 13.0. The van der Waals surface area contributed by atoms with Gasteiger partial charge in [0.05, 0.1) is 21.9 Å². The van der Waals surface area contributed by atoms with Gasteiger partial charge in [-0.05, 0) is 73.0 Å². The number of carbonyl (C=O) groups is 1. The van der Waals surface area contributed by atoms with Crippen LogP contribution < -0.4 is 14.3 Å². The fourth-order valence-electron chi connectivity index (χ4n) is 3.70. The zero-order valence-corrected chi connectivity index (χ0v) is 19.9. The third kappa shape index (κ3) is 4.57. The number of nitrogens with one attached hydrogen (secondary N) is 2. The molecule has 0 saturated carbocycles. The third-order valence-corrected chi connectivity index (χ3v) is 8.34. The molecule has 0 unspecified atom stereocenters. The van der Waals surface area contributed by atoms with Crippen LogP contribution in [0.1, 0.15) is 16.7 Å². The smallest absolute Gasteiger partial charge is 0.262 e. The molecule has 3 aromatic rings. The molecular formula is C23H23N3O5S2. The van der Waals surface area contributed by atoms with Crippen LogP contribution in [-0.2, 0) is 31.3 Å². The SMILES string of the molecule is Cc1cccc(NS(=O)(=O)c2cc(NS(=O)(=O)c3ccc4c(c3)CC(=O)N4C)ccc2C)c1. The lowest BCUT2D eigenvalue weighted by Gasteiger charge is -2.14. The topological polar surface area (TPSA) is 113 Å². The maximum absolute atomic E-state index is 13.0. The van der Waals surface area contributed by atoms with Crippen molar-refractivity contribution in [3.8, 4) is 0 Å². The average Bonchev–Trinajstić information content (AvgIpc) is 3.02. The van der Waals surface area contributed by atoms with E-state index in [0.29, 0.717) is 22.5 Å². The van der Waals surface area contributed by atoms with Crippen LogP contribution >= 0.6 is 0 Å². The monoisotopic (exact) mass is 485 g/mol. The number of amides is 1. The molecule has 33 heavy (non-hydrogen) atoms. The van der Waals surface area contributed by atoms with Crippen molar-refractivity contribution in [3.05, 3.63) is 77.4 Å². The molecule has 1 heterocycles. The maximum Gasteiger partial charge on any atom is 0.262 e. The Hall–Kier alpha value is -3.37. The number of nitrogens with zero attached hydrogens (tertiary/aromatic N) is 1. The first kappa shape index (κ1) is 22.8. The van der Waals surface area contributed by atoms with Crippen LogP contribution in [0.25, 0.3) is 0 Å². The van der Waals surface area contributed by atoms with Gasteiger partial charge in [-0.3, -0.25) is 14.2 Å². The quantitative estimate of drug-likeness (QED) is 0.556. The Labute approximate surface area is 193 Å². The van der Waals surface area contributed by atoms with Gasteiger partial charge in [0.15, 0.2) is 0 Å². The van der Waals surface area contributed by atoms with Gasteiger partial charge in [-0.15, -0.1) is 0 Å². The molecule has 10 heteroatoms. The fourth-order valence-corrected chi connectivity index (χ4v) is 6.12. The summed E-state index contributed by atoms with van der Waals surface area (Å²) in [6.07, 6.45) is 0.132. The summed E-state index contributed by atoms with van der Waals surface area (Å²) >= 11 is 0. The van der Waals surface area contributed by atoms with E-state index in [1.54, 1.807) is 44.3 Å².